The number of aliphatic carboxylic acids is 1. The molecule has 3 amide bonds. The maximum Gasteiger partial charge on any atom is 0.308 e. The fourth-order valence-electron chi connectivity index (χ4n) is 2.98. The minimum Gasteiger partial charge on any atom is -0.481 e. The van der Waals surface area contributed by atoms with Crippen molar-refractivity contribution in [3.8, 4) is 0 Å². The van der Waals surface area contributed by atoms with Gasteiger partial charge in [0.2, 0.25) is 11.8 Å². The highest BCUT2D eigenvalue weighted by molar-refractivity contribution is 6.07. The third-order valence-electron chi connectivity index (χ3n) is 4.23. The number of nitrogens with zero attached hydrogens (tertiary/aromatic N) is 2. The summed E-state index contributed by atoms with van der Waals surface area (Å²) >= 11 is 0. The molecule has 2 aliphatic heterocycles. The van der Waals surface area contributed by atoms with Gasteiger partial charge < -0.3 is 20.2 Å². The van der Waals surface area contributed by atoms with Crippen molar-refractivity contribution in [2.75, 3.05) is 31.1 Å². The van der Waals surface area contributed by atoms with E-state index in [0.29, 0.717) is 24.3 Å². The van der Waals surface area contributed by atoms with E-state index in [-0.39, 0.29) is 37.2 Å². The number of hydrogen-bond acceptors (Lipinski definition) is 4. The summed E-state index contributed by atoms with van der Waals surface area (Å²) in [6, 6.07) is 6.58. The molecule has 2 heterocycles. The molecule has 0 spiro atoms. The van der Waals surface area contributed by atoms with Gasteiger partial charge in [0.15, 0.2) is 0 Å². The van der Waals surface area contributed by atoms with E-state index in [0.717, 1.165) is 0 Å². The Morgan fingerprint density at radius 2 is 1.96 bits per heavy atom. The van der Waals surface area contributed by atoms with Crippen LogP contribution in [0, 0.1) is 5.92 Å². The first-order valence-electron chi connectivity index (χ1n) is 7.65. The minimum absolute atomic E-state index is 0.0289. The monoisotopic (exact) mass is 331 g/mol. The highest BCUT2D eigenvalue weighted by Crippen LogP contribution is 2.29. The maximum absolute atomic E-state index is 12.7. The number of carboxylic acids is 1. The predicted octanol–water partition coefficient (Wildman–Crippen LogP) is -0.304. The molecule has 0 radical (unpaired) electrons. The van der Waals surface area contributed by atoms with Crippen LogP contribution < -0.4 is 10.2 Å². The van der Waals surface area contributed by atoms with E-state index in [9.17, 15) is 19.2 Å². The van der Waals surface area contributed by atoms with Crippen LogP contribution in [0.1, 0.15) is 16.8 Å². The molecule has 1 aromatic carbocycles. The van der Waals surface area contributed by atoms with Gasteiger partial charge in [-0.05, 0) is 12.1 Å². The van der Waals surface area contributed by atoms with Crippen LogP contribution in [-0.2, 0) is 14.4 Å². The van der Waals surface area contributed by atoms with Gasteiger partial charge in [-0.25, -0.2) is 0 Å². The summed E-state index contributed by atoms with van der Waals surface area (Å²) in [6.45, 7) is 0.791. The smallest absolute Gasteiger partial charge is 0.308 e. The number of rotatable bonds is 3. The van der Waals surface area contributed by atoms with Crippen LogP contribution in [0.2, 0.25) is 0 Å². The lowest BCUT2D eigenvalue weighted by atomic mass is 10.1. The first-order valence-corrected chi connectivity index (χ1v) is 7.65. The van der Waals surface area contributed by atoms with Crippen molar-refractivity contribution in [2.24, 2.45) is 5.92 Å². The highest BCUT2D eigenvalue weighted by Gasteiger charge is 2.37. The second kappa shape index (κ2) is 6.31. The van der Waals surface area contributed by atoms with Gasteiger partial charge in [-0.3, -0.25) is 19.2 Å². The molecular weight excluding hydrogens is 314 g/mol. The van der Waals surface area contributed by atoms with Gasteiger partial charge in [-0.15, -0.1) is 0 Å². The van der Waals surface area contributed by atoms with Crippen molar-refractivity contribution in [1.29, 1.82) is 0 Å². The Balaban J connectivity index is 1.88. The second-order valence-electron chi connectivity index (χ2n) is 5.84. The third kappa shape index (κ3) is 2.94. The Labute approximate surface area is 138 Å². The first kappa shape index (κ1) is 16.0. The van der Waals surface area contributed by atoms with Gasteiger partial charge in [-0.1, -0.05) is 12.1 Å². The molecule has 24 heavy (non-hydrogen) atoms. The number of carboxylic acid groups (broad SMARTS) is 1. The molecule has 0 bridgehead atoms. The topological polar surface area (TPSA) is 107 Å². The average molecular weight is 331 g/mol. The molecule has 0 saturated carbocycles. The van der Waals surface area contributed by atoms with Gasteiger partial charge in [0.05, 0.1) is 23.7 Å². The van der Waals surface area contributed by atoms with E-state index in [2.05, 4.69) is 5.32 Å². The van der Waals surface area contributed by atoms with E-state index >= 15 is 0 Å². The van der Waals surface area contributed by atoms with Crippen molar-refractivity contribution in [2.45, 2.75) is 6.42 Å². The SMILES string of the molecule is O=C1CN(C(=O)c2ccccc2N2C[C@H](C(=O)O)CC2=O)CCN1. The Bertz CT molecular complexity index is 717. The van der Waals surface area contributed by atoms with E-state index in [1.165, 1.54) is 9.80 Å². The lowest BCUT2D eigenvalue weighted by Gasteiger charge is -2.28. The lowest BCUT2D eigenvalue weighted by molar-refractivity contribution is -0.141. The van der Waals surface area contributed by atoms with Crippen LogP contribution in [0.15, 0.2) is 24.3 Å². The fraction of sp³-hybridized carbons (Fsp3) is 0.375. The summed E-state index contributed by atoms with van der Waals surface area (Å²) in [4.78, 5) is 50.3. The molecule has 3 rings (SSSR count). The fourth-order valence-corrected chi connectivity index (χ4v) is 2.98. The second-order valence-corrected chi connectivity index (χ2v) is 5.84. The molecule has 2 fully saturated rings. The Morgan fingerprint density at radius 3 is 2.62 bits per heavy atom. The molecule has 2 saturated heterocycles. The summed E-state index contributed by atoms with van der Waals surface area (Å²) in [5, 5.41) is 11.8. The van der Waals surface area contributed by atoms with Crippen molar-refractivity contribution >= 4 is 29.4 Å². The van der Waals surface area contributed by atoms with Crippen molar-refractivity contribution in [3.05, 3.63) is 29.8 Å². The molecule has 2 aliphatic rings. The van der Waals surface area contributed by atoms with E-state index in [1.807, 2.05) is 0 Å². The molecule has 1 aromatic rings. The Hall–Kier alpha value is -2.90. The summed E-state index contributed by atoms with van der Waals surface area (Å²) in [6.07, 6.45) is -0.0794. The first-order chi connectivity index (χ1) is 11.5. The Morgan fingerprint density at radius 1 is 1.21 bits per heavy atom. The summed E-state index contributed by atoms with van der Waals surface area (Å²) in [5.74, 6) is -2.69. The molecule has 0 unspecified atom stereocenters. The zero-order valence-corrected chi connectivity index (χ0v) is 12.9. The predicted molar refractivity (Wildman–Crippen MR) is 83.5 cm³/mol. The van der Waals surface area contributed by atoms with Crippen LogP contribution in [0.4, 0.5) is 5.69 Å². The van der Waals surface area contributed by atoms with Crippen LogP contribution in [0.5, 0.6) is 0 Å². The van der Waals surface area contributed by atoms with Crippen molar-refractivity contribution in [1.82, 2.24) is 10.2 Å². The van der Waals surface area contributed by atoms with E-state index in [1.54, 1.807) is 24.3 Å². The largest absolute Gasteiger partial charge is 0.481 e. The number of para-hydroxylation sites is 1. The Kier molecular flexibility index (Phi) is 4.20. The van der Waals surface area contributed by atoms with Gasteiger partial charge >= 0.3 is 5.97 Å². The number of nitrogens with one attached hydrogen (secondary N) is 1. The standard InChI is InChI=1S/C16H17N3O5/c20-13-9-18(6-5-17-13)15(22)11-3-1-2-4-12(11)19-8-10(16(23)24)7-14(19)21/h1-4,10H,5-9H2,(H,17,20)(H,23,24)/t10-/m1/s1. The van der Waals surface area contributed by atoms with Crippen LogP contribution in [-0.4, -0.2) is 59.9 Å². The average Bonchev–Trinajstić information content (AvgIpc) is 2.96. The molecule has 8 nitrogen and oxygen atoms in total. The van der Waals surface area contributed by atoms with Crippen LogP contribution >= 0.6 is 0 Å². The lowest BCUT2D eigenvalue weighted by Crippen LogP contribution is -2.50. The summed E-state index contributed by atoms with van der Waals surface area (Å²) < 4.78 is 0. The quantitative estimate of drug-likeness (QED) is 0.790. The maximum atomic E-state index is 12.7. The number of carbonyl (C=O) groups excluding carboxylic acids is 3. The van der Waals surface area contributed by atoms with Crippen molar-refractivity contribution < 1.29 is 24.3 Å². The molecular formula is C16H17N3O5. The minimum atomic E-state index is -1.03. The zero-order valence-electron chi connectivity index (χ0n) is 12.9. The zero-order chi connectivity index (χ0) is 17.3. The van der Waals surface area contributed by atoms with Gasteiger partial charge in [0, 0.05) is 26.1 Å². The van der Waals surface area contributed by atoms with Gasteiger partial charge in [-0.2, -0.15) is 0 Å². The molecule has 2 N–H and O–H groups in total. The number of piperazine rings is 1. The normalized spacial score (nSPS) is 20.9. The van der Waals surface area contributed by atoms with Gasteiger partial charge in [0.25, 0.3) is 5.91 Å². The molecule has 1 atom stereocenters. The molecule has 0 aromatic heterocycles. The van der Waals surface area contributed by atoms with Crippen molar-refractivity contribution in [3.63, 3.8) is 0 Å². The molecule has 0 aliphatic carbocycles. The molecule has 8 heteroatoms. The summed E-state index contributed by atoms with van der Waals surface area (Å²) in [5.41, 5.74) is 0.689. The third-order valence-corrected chi connectivity index (χ3v) is 4.23. The van der Waals surface area contributed by atoms with Crippen LogP contribution in [0.3, 0.4) is 0 Å². The van der Waals surface area contributed by atoms with E-state index in [4.69, 9.17) is 5.11 Å². The van der Waals surface area contributed by atoms with E-state index < -0.39 is 11.9 Å². The number of amides is 3. The number of benzene rings is 1. The summed E-state index contributed by atoms with van der Waals surface area (Å²) in [7, 11) is 0. The highest BCUT2D eigenvalue weighted by atomic mass is 16.4. The van der Waals surface area contributed by atoms with Gasteiger partial charge in [0.1, 0.15) is 0 Å². The molecule has 126 valence electrons. The number of hydrogen-bond donors (Lipinski definition) is 2. The number of anilines is 1. The van der Waals surface area contributed by atoms with Crippen LogP contribution in [0.25, 0.3) is 0 Å². The number of carbonyl (C=O) groups is 4.